The molecule has 2 aromatic heterocycles. The van der Waals surface area contributed by atoms with Gasteiger partial charge in [0.1, 0.15) is 0 Å². The molecule has 114 valence electrons. The van der Waals surface area contributed by atoms with E-state index >= 15 is 0 Å². The lowest BCUT2D eigenvalue weighted by molar-refractivity contribution is 0.574. The summed E-state index contributed by atoms with van der Waals surface area (Å²) < 4.78 is 6.73. The van der Waals surface area contributed by atoms with Gasteiger partial charge in [-0.25, -0.2) is 4.68 Å². The van der Waals surface area contributed by atoms with Gasteiger partial charge in [-0.1, -0.05) is 23.4 Å². The summed E-state index contributed by atoms with van der Waals surface area (Å²) in [4.78, 5) is 1.19. The van der Waals surface area contributed by atoms with Crippen LogP contribution in [0, 0.1) is 0 Å². The van der Waals surface area contributed by atoms with E-state index in [1.54, 1.807) is 41.9 Å². The maximum Gasteiger partial charge on any atom is 0.218 e. The summed E-state index contributed by atoms with van der Waals surface area (Å²) in [5, 5.41) is 9.57. The third-order valence-corrected chi connectivity index (χ3v) is 5.27. The Bertz CT molecular complexity index is 728. The van der Waals surface area contributed by atoms with Crippen LogP contribution in [0.15, 0.2) is 57.1 Å². The number of aromatic nitrogens is 3. The van der Waals surface area contributed by atoms with Gasteiger partial charge in [0, 0.05) is 21.4 Å². The summed E-state index contributed by atoms with van der Waals surface area (Å²) in [7, 11) is 0. The van der Waals surface area contributed by atoms with Crippen molar-refractivity contribution in [2.45, 2.75) is 10.1 Å². The van der Waals surface area contributed by atoms with Gasteiger partial charge in [0.2, 0.25) is 11.0 Å². The van der Waals surface area contributed by atoms with Crippen LogP contribution in [0.25, 0.3) is 11.6 Å². The molecule has 0 saturated carbocycles. The van der Waals surface area contributed by atoms with Crippen LogP contribution < -0.4 is 5.84 Å². The molecule has 0 bridgehead atoms. The van der Waals surface area contributed by atoms with E-state index in [0.29, 0.717) is 16.7 Å². The number of hydrogen-bond acceptors (Lipinski definition) is 6. The van der Waals surface area contributed by atoms with Crippen LogP contribution in [0.4, 0.5) is 0 Å². The lowest BCUT2D eigenvalue weighted by Crippen LogP contribution is -2.11. The molecule has 0 amide bonds. The first-order valence-electron chi connectivity index (χ1n) is 6.49. The molecule has 3 rings (SSSR count). The van der Waals surface area contributed by atoms with Crippen LogP contribution in [-0.2, 0) is 0 Å². The molecule has 0 aliphatic rings. The Morgan fingerprint density at radius 3 is 2.59 bits per heavy atom. The Hall–Kier alpha value is -1.57. The van der Waals surface area contributed by atoms with Gasteiger partial charge in [-0.2, -0.15) is 0 Å². The molecule has 0 aliphatic carbocycles. The third kappa shape index (κ3) is 3.60. The second-order valence-electron chi connectivity index (χ2n) is 4.30. The Morgan fingerprint density at radius 2 is 1.86 bits per heavy atom. The van der Waals surface area contributed by atoms with Gasteiger partial charge < -0.3 is 10.3 Å². The quantitative estimate of drug-likeness (QED) is 0.413. The minimum atomic E-state index is 0.526. The molecule has 0 saturated heterocycles. The Morgan fingerprint density at radius 1 is 1.09 bits per heavy atom. The summed E-state index contributed by atoms with van der Waals surface area (Å²) in [5.74, 6) is 8.94. The van der Waals surface area contributed by atoms with Gasteiger partial charge in [0.25, 0.3) is 0 Å². The van der Waals surface area contributed by atoms with Crippen LogP contribution in [0.1, 0.15) is 0 Å². The summed E-state index contributed by atoms with van der Waals surface area (Å²) in [5.41, 5.74) is 0. The highest BCUT2D eigenvalue weighted by Crippen LogP contribution is 2.25. The number of furan rings is 1. The smallest absolute Gasteiger partial charge is 0.218 e. The average molecular weight is 353 g/mol. The van der Waals surface area contributed by atoms with Crippen molar-refractivity contribution < 1.29 is 4.42 Å². The molecule has 0 fully saturated rings. The van der Waals surface area contributed by atoms with Crippen LogP contribution in [0.2, 0.25) is 5.02 Å². The molecule has 0 aliphatic heterocycles. The fourth-order valence-corrected chi connectivity index (χ4v) is 3.64. The zero-order chi connectivity index (χ0) is 15.4. The van der Waals surface area contributed by atoms with Gasteiger partial charge in [-0.15, -0.1) is 22.0 Å². The molecule has 2 N–H and O–H groups in total. The monoisotopic (exact) mass is 352 g/mol. The van der Waals surface area contributed by atoms with Crippen LogP contribution in [0.5, 0.6) is 0 Å². The van der Waals surface area contributed by atoms with Gasteiger partial charge in [-0.05, 0) is 36.4 Å². The summed E-state index contributed by atoms with van der Waals surface area (Å²) in [6.07, 6.45) is 1.58. The second kappa shape index (κ2) is 7.13. The van der Waals surface area contributed by atoms with Crippen molar-refractivity contribution in [3.63, 3.8) is 0 Å². The van der Waals surface area contributed by atoms with Crippen molar-refractivity contribution in [1.29, 1.82) is 0 Å². The largest absolute Gasteiger partial charge is 0.461 e. The minimum absolute atomic E-state index is 0.526. The van der Waals surface area contributed by atoms with E-state index in [9.17, 15) is 0 Å². The van der Waals surface area contributed by atoms with E-state index in [1.807, 2.05) is 24.3 Å². The van der Waals surface area contributed by atoms with Gasteiger partial charge in [0.15, 0.2) is 5.76 Å². The molecular formula is C14H13ClN4OS2. The van der Waals surface area contributed by atoms with E-state index < -0.39 is 0 Å². The van der Waals surface area contributed by atoms with E-state index in [0.717, 1.165) is 16.5 Å². The Balaban J connectivity index is 1.53. The highest BCUT2D eigenvalue weighted by atomic mass is 35.5. The number of benzene rings is 1. The van der Waals surface area contributed by atoms with Crippen molar-refractivity contribution in [3.8, 4) is 11.6 Å². The first-order valence-corrected chi connectivity index (χ1v) is 8.84. The Labute approximate surface area is 141 Å². The first-order chi connectivity index (χ1) is 10.7. The molecular weight excluding hydrogens is 340 g/mol. The van der Waals surface area contributed by atoms with Crippen molar-refractivity contribution in [2.24, 2.45) is 0 Å². The molecule has 3 aromatic rings. The molecule has 0 radical (unpaired) electrons. The molecule has 0 atom stereocenters. The average Bonchev–Trinajstić information content (AvgIpc) is 3.16. The van der Waals surface area contributed by atoms with E-state index in [2.05, 4.69) is 10.2 Å². The number of halogens is 1. The number of nitrogens with zero attached hydrogens (tertiary/aromatic N) is 3. The number of rotatable bonds is 6. The molecule has 8 heteroatoms. The van der Waals surface area contributed by atoms with Crippen molar-refractivity contribution in [2.75, 3.05) is 17.3 Å². The molecule has 0 unspecified atom stereocenters. The summed E-state index contributed by atoms with van der Waals surface area (Å²) in [6.45, 7) is 0. The molecule has 2 heterocycles. The highest BCUT2D eigenvalue weighted by Gasteiger charge is 2.13. The topological polar surface area (TPSA) is 69.9 Å². The number of nitrogens with two attached hydrogens (primary N) is 1. The fraction of sp³-hybridized carbons (Fsp3) is 0.143. The van der Waals surface area contributed by atoms with E-state index in [-0.39, 0.29) is 0 Å². The number of nitrogen functional groups attached to an aromatic ring is 1. The number of hydrogen-bond donors (Lipinski definition) is 1. The number of thioether (sulfide) groups is 2. The Kier molecular flexibility index (Phi) is 4.97. The minimum Gasteiger partial charge on any atom is -0.461 e. The lowest BCUT2D eigenvalue weighted by Gasteiger charge is -2.03. The summed E-state index contributed by atoms with van der Waals surface area (Å²) >= 11 is 9.19. The van der Waals surface area contributed by atoms with Gasteiger partial charge >= 0.3 is 0 Å². The zero-order valence-electron chi connectivity index (χ0n) is 11.5. The molecule has 0 spiro atoms. The fourth-order valence-electron chi connectivity index (χ4n) is 1.77. The van der Waals surface area contributed by atoms with Crippen molar-refractivity contribution in [3.05, 3.63) is 47.7 Å². The standard InChI is InChI=1S/C14H13ClN4OS2/c15-10-3-5-11(6-4-10)21-8-9-22-14-18-17-13(19(14)16)12-2-1-7-20-12/h1-7H,8-9,16H2. The predicted molar refractivity (Wildman–Crippen MR) is 90.8 cm³/mol. The van der Waals surface area contributed by atoms with Gasteiger partial charge in [0.05, 0.1) is 6.26 Å². The van der Waals surface area contributed by atoms with Crippen molar-refractivity contribution >= 4 is 35.1 Å². The molecule has 22 heavy (non-hydrogen) atoms. The summed E-state index contributed by atoms with van der Waals surface area (Å²) in [6, 6.07) is 11.4. The second-order valence-corrected chi connectivity index (χ2v) is 6.97. The van der Waals surface area contributed by atoms with Gasteiger partial charge in [-0.3, -0.25) is 0 Å². The van der Waals surface area contributed by atoms with Crippen molar-refractivity contribution in [1.82, 2.24) is 14.9 Å². The van der Waals surface area contributed by atoms with E-state index in [1.165, 1.54) is 9.57 Å². The predicted octanol–water partition coefficient (Wildman–Crippen LogP) is 3.79. The van der Waals surface area contributed by atoms with Crippen LogP contribution in [-0.4, -0.2) is 26.4 Å². The zero-order valence-corrected chi connectivity index (χ0v) is 13.9. The SMILES string of the molecule is Nn1c(SCCSc2ccc(Cl)cc2)nnc1-c1ccco1. The van der Waals surface area contributed by atoms with E-state index in [4.69, 9.17) is 21.9 Å². The first kappa shape index (κ1) is 15.3. The van der Waals surface area contributed by atoms with Crippen LogP contribution >= 0.6 is 35.1 Å². The third-order valence-electron chi connectivity index (χ3n) is 2.80. The molecule has 1 aromatic carbocycles. The lowest BCUT2D eigenvalue weighted by atomic mass is 10.4. The molecule has 5 nitrogen and oxygen atoms in total. The van der Waals surface area contributed by atoms with Crippen LogP contribution in [0.3, 0.4) is 0 Å². The maximum atomic E-state index is 5.99. The highest BCUT2D eigenvalue weighted by molar-refractivity contribution is 8.02. The maximum absolute atomic E-state index is 5.99. The normalized spacial score (nSPS) is 11.0.